The van der Waals surface area contributed by atoms with E-state index in [9.17, 15) is 0 Å². The molecule has 1 heterocycles. The Balaban J connectivity index is 2.00. The summed E-state index contributed by atoms with van der Waals surface area (Å²) >= 11 is 0. The minimum Gasteiger partial charge on any atom is -0.459 e. The number of rotatable bonds is 3. The van der Waals surface area contributed by atoms with E-state index in [4.69, 9.17) is 14.9 Å². The van der Waals surface area contributed by atoms with Crippen LogP contribution in [-0.2, 0) is 0 Å². The molecule has 1 atom stereocenters. The molecule has 0 spiro atoms. The molecule has 0 aliphatic rings. The monoisotopic (exact) mass is 267 g/mol. The fourth-order valence-corrected chi connectivity index (χ4v) is 2.34. The maximum atomic E-state index is 5.92. The molecule has 0 bridgehead atoms. The zero-order valence-corrected chi connectivity index (χ0v) is 11.6. The van der Waals surface area contributed by atoms with Gasteiger partial charge in [-0.2, -0.15) is 0 Å². The van der Waals surface area contributed by atoms with E-state index in [0.29, 0.717) is 0 Å². The van der Waals surface area contributed by atoms with E-state index >= 15 is 0 Å². The lowest BCUT2D eigenvalue weighted by atomic mass is 10.1. The lowest BCUT2D eigenvalue weighted by Gasteiger charge is -2.05. The molecular formula is C17H17NO2. The highest BCUT2D eigenvalue weighted by Crippen LogP contribution is 2.32. The van der Waals surface area contributed by atoms with E-state index < -0.39 is 0 Å². The number of para-hydroxylation sites is 1. The molecule has 0 radical (unpaired) electrons. The van der Waals surface area contributed by atoms with Gasteiger partial charge in [0.1, 0.15) is 22.8 Å². The van der Waals surface area contributed by atoms with Crippen LogP contribution in [0.3, 0.4) is 0 Å². The Hall–Kier alpha value is -2.26. The molecule has 3 rings (SSSR count). The van der Waals surface area contributed by atoms with Crippen molar-refractivity contribution >= 4 is 11.0 Å². The van der Waals surface area contributed by atoms with Crippen molar-refractivity contribution in [3.63, 3.8) is 0 Å². The van der Waals surface area contributed by atoms with E-state index in [1.165, 1.54) is 0 Å². The topological polar surface area (TPSA) is 48.4 Å². The quantitative estimate of drug-likeness (QED) is 0.757. The van der Waals surface area contributed by atoms with Crippen molar-refractivity contribution in [2.75, 3.05) is 0 Å². The molecule has 20 heavy (non-hydrogen) atoms. The lowest BCUT2D eigenvalue weighted by molar-refractivity contribution is 0.482. The summed E-state index contributed by atoms with van der Waals surface area (Å²) in [5.74, 6) is 2.45. The molecule has 3 aromatic rings. The van der Waals surface area contributed by atoms with Gasteiger partial charge in [-0.25, -0.2) is 0 Å². The van der Waals surface area contributed by atoms with Gasteiger partial charge in [0.05, 0.1) is 6.04 Å². The Bertz CT molecular complexity index is 729. The first-order valence-electron chi connectivity index (χ1n) is 6.66. The van der Waals surface area contributed by atoms with Crippen LogP contribution >= 0.6 is 0 Å². The van der Waals surface area contributed by atoms with Gasteiger partial charge >= 0.3 is 0 Å². The fraction of sp³-hybridized carbons (Fsp3) is 0.176. The minimum absolute atomic E-state index is 0.110. The average molecular weight is 267 g/mol. The van der Waals surface area contributed by atoms with Crippen molar-refractivity contribution in [3.05, 3.63) is 59.9 Å². The second-order valence-corrected chi connectivity index (χ2v) is 4.95. The molecule has 0 amide bonds. The van der Waals surface area contributed by atoms with Gasteiger partial charge < -0.3 is 14.9 Å². The van der Waals surface area contributed by atoms with Crippen molar-refractivity contribution in [2.24, 2.45) is 5.73 Å². The zero-order valence-electron chi connectivity index (χ0n) is 11.6. The van der Waals surface area contributed by atoms with E-state index in [-0.39, 0.29) is 6.04 Å². The standard InChI is InChI=1S/C17H17NO2/c1-11-15-10-14(19-13-6-4-3-5-7-13)8-9-16(15)20-17(11)12(2)18/h3-10,12H,18H2,1-2H3. The maximum Gasteiger partial charge on any atom is 0.134 e. The number of hydrogen-bond acceptors (Lipinski definition) is 3. The maximum absolute atomic E-state index is 5.92. The summed E-state index contributed by atoms with van der Waals surface area (Å²) in [6.45, 7) is 3.95. The predicted octanol–water partition coefficient (Wildman–Crippen LogP) is 4.55. The number of benzene rings is 2. The van der Waals surface area contributed by atoms with Crippen molar-refractivity contribution in [1.29, 1.82) is 0 Å². The van der Waals surface area contributed by atoms with Gasteiger partial charge in [-0.05, 0) is 44.2 Å². The highest BCUT2D eigenvalue weighted by atomic mass is 16.5. The summed E-state index contributed by atoms with van der Waals surface area (Å²) in [5.41, 5.74) is 7.84. The van der Waals surface area contributed by atoms with Crippen molar-refractivity contribution in [3.8, 4) is 11.5 Å². The molecule has 1 aromatic heterocycles. The fourth-order valence-electron chi connectivity index (χ4n) is 2.34. The number of furan rings is 1. The molecule has 0 aliphatic carbocycles. The van der Waals surface area contributed by atoms with Crippen molar-refractivity contribution < 1.29 is 9.15 Å². The normalized spacial score (nSPS) is 12.6. The van der Waals surface area contributed by atoms with Crippen LogP contribution in [0, 0.1) is 6.92 Å². The van der Waals surface area contributed by atoms with Gasteiger partial charge in [0.15, 0.2) is 0 Å². The summed E-state index contributed by atoms with van der Waals surface area (Å²) in [6.07, 6.45) is 0. The highest BCUT2D eigenvalue weighted by molar-refractivity contribution is 5.83. The Morgan fingerprint density at radius 3 is 2.50 bits per heavy atom. The van der Waals surface area contributed by atoms with Gasteiger partial charge in [0, 0.05) is 10.9 Å². The molecular weight excluding hydrogens is 250 g/mol. The molecule has 1 unspecified atom stereocenters. The summed E-state index contributed by atoms with van der Waals surface area (Å²) in [5, 5.41) is 1.05. The van der Waals surface area contributed by atoms with Crippen LogP contribution in [0.5, 0.6) is 11.5 Å². The van der Waals surface area contributed by atoms with Gasteiger partial charge in [0.25, 0.3) is 0 Å². The van der Waals surface area contributed by atoms with Crippen molar-refractivity contribution in [1.82, 2.24) is 0 Å². The Morgan fingerprint density at radius 2 is 1.80 bits per heavy atom. The minimum atomic E-state index is -0.110. The second kappa shape index (κ2) is 5.02. The van der Waals surface area contributed by atoms with E-state index in [2.05, 4.69) is 0 Å². The highest BCUT2D eigenvalue weighted by Gasteiger charge is 2.14. The van der Waals surface area contributed by atoms with E-state index in [1.54, 1.807) is 0 Å². The molecule has 3 heteroatoms. The molecule has 102 valence electrons. The van der Waals surface area contributed by atoms with Crippen LogP contribution in [0.4, 0.5) is 0 Å². The van der Waals surface area contributed by atoms with Crippen LogP contribution in [0.25, 0.3) is 11.0 Å². The first kappa shape index (κ1) is 12.8. The summed E-state index contributed by atoms with van der Waals surface area (Å²) in [7, 11) is 0. The van der Waals surface area contributed by atoms with Crippen LogP contribution in [0.2, 0.25) is 0 Å². The summed E-state index contributed by atoms with van der Waals surface area (Å²) in [4.78, 5) is 0. The Kier molecular flexibility index (Phi) is 3.20. The first-order chi connectivity index (χ1) is 9.65. The number of aryl methyl sites for hydroxylation is 1. The molecule has 3 nitrogen and oxygen atoms in total. The van der Waals surface area contributed by atoms with Crippen LogP contribution in [0.1, 0.15) is 24.3 Å². The molecule has 0 saturated heterocycles. The predicted molar refractivity (Wildman–Crippen MR) is 80.1 cm³/mol. The van der Waals surface area contributed by atoms with Crippen LogP contribution in [-0.4, -0.2) is 0 Å². The zero-order chi connectivity index (χ0) is 14.1. The third kappa shape index (κ3) is 2.28. The largest absolute Gasteiger partial charge is 0.459 e. The number of nitrogens with two attached hydrogens (primary N) is 1. The molecule has 0 aliphatic heterocycles. The molecule has 0 saturated carbocycles. The smallest absolute Gasteiger partial charge is 0.134 e. The third-order valence-corrected chi connectivity index (χ3v) is 3.34. The van der Waals surface area contributed by atoms with Crippen LogP contribution in [0.15, 0.2) is 52.9 Å². The number of fused-ring (bicyclic) bond motifs is 1. The first-order valence-corrected chi connectivity index (χ1v) is 6.66. The van der Waals surface area contributed by atoms with Gasteiger partial charge in [-0.1, -0.05) is 18.2 Å². The summed E-state index contributed by atoms with van der Waals surface area (Å²) < 4.78 is 11.6. The van der Waals surface area contributed by atoms with E-state index in [0.717, 1.165) is 33.8 Å². The molecule has 2 aromatic carbocycles. The summed E-state index contributed by atoms with van der Waals surface area (Å²) in [6, 6.07) is 15.4. The second-order valence-electron chi connectivity index (χ2n) is 4.95. The number of ether oxygens (including phenoxy) is 1. The molecule has 0 fully saturated rings. The Morgan fingerprint density at radius 1 is 1.05 bits per heavy atom. The van der Waals surface area contributed by atoms with Crippen LogP contribution < -0.4 is 10.5 Å². The average Bonchev–Trinajstić information content (AvgIpc) is 2.77. The number of hydrogen-bond donors (Lipinski definition) is 1. The lowest BCUT2D eigenvalue weighted by Crippen LogP contribution is -2.04. The third-order valence-electron chi connectivity index (χ3n) is 3.34. The van der Waals surface area contributed by atoms with Gasteiger partial charge in [-0.15, -0.1) is 0 Å². The molecule has 2 N–H and O–H groups in total. The Labute approximate surface area is 118 Å². The van der Waals surface area contributed by atoms with Crippen molar-refractivity contribution in [2.45, 2.75) is 19.9 Å². The van der Waals surface area contributed by atoms with Gasteiger partial charge in [-0.3, -0.25) is 0 Å². The van der Waals surface area contributed by atoms with Gasteiger partial charge in [0.2, 0.25) is 0 Å². The SMILES string of the molecule is Cc1c(C(C)N)oc2ccc(Oc3ccccc3)cc12. The van der Waals surface area contributed by atoms with E-state index in [1.807, 2.05) is 62.4 Å².